The summed E-state index contributed by atoms with van der Waals surface area (Å²) in [6.07, 6.45) is 4.18. The highest BCUT2D eigenvalue weighted by Crippen LogP contribution is 2.42. The molecule has 0 aromatic heterocycles. The summed E-state index contributed by atoms with van der Waals surface area (Å²) in [5.74, 6) is 0.617. The van der Waals surface area contributed by atoms with Gasteiger partial charge in [0.2, 0.25) is 0 Å². The van der Waals surface area contributed by atoms with Gasteiger partial charge in [-0.3, -0.25) is 5.26 Å². The number of hydrogen-bond donors (Lipinski definition) is 1. The summed E-state index contributed by atoms with van der Waals surface area (Å²) in [5.41, 5.74) is 0.637. The topological polar surface area (TPSA) is 29.5 Å². The third-order valence-electron chi connectivity index (χ3n) is 3.43. The highest BCUT2D eigenvalue weighted by Gasteiger charge is 2.38. The first-order valence-electron chi connectivity index (χ1n) is 5.65. The van der Waals surface area contributed by atoms with Gasteiger partial charge < -0.3 is 0 Å². The molecule has 0 unspecified atom stereocenters. The fourth-order valence-electron chi connectivity index (χ4n) is 2.64. The van der Waals surface area contributed by atoms with Crippen LogP contribution in [0.25, 0.3) is 0 Å². The fourth-order valence-corrected chi connectivity index (χ4v) is 2.64. The molecule has 1 N–H and O–H groups in total. The molecule has 1 aliphatic rings. The van der Waals surface area contributed by atoms with Crippen LogP contribution in [-0.4, -0.2) is 5.26 Å². The zero-order chi connectivity index (χ0) is 10.7. The molecule has 2 rings (SSSR count). The van der Waals surface area contributed by atoms with Gasteiger partial charge in [0.15, 0.2) is 0 Å². The molecule has 0 bridgehead atoms. The third-order valence-corrected chi connectivity index (χ3v) is 3.43. The van der Waals surface area contributed by atoms with Gasteiger partial charge in [-0.25, -0.2) is 4.89 Å². The summed E-state index contributed by atoms with van der Waals surface area (Å²) in [6.45, 7) is 2.22. The molecule has 2 heteroatoms. The van der Waals surface area contributed by atoms with Crippen molar-refractivity contribution in [3.05, 3.63) is 35.9 Å². The number of benzene rings is 1. The van der Waals surface area contributed by atoms with E-state index in [9.17, 15) is 5.26 Å². The van der Waals surface area contributed by atoms with Gasteiger partial charge in [-0.1, -0.05) is 43.7 Å². The molecule has 82 valence electrons. The molecular formula is C13H18O2. The maximum absolute atomic E-state index is 9.21. The van der Waals surface area contributed by atoms with Gasteiger partial charge in [0.1, 0.15) is 5.60 Å². The maximum Gasteiger partial charge on any atom is 0.128 e. The van der Waals surface area contributed by atoms with Crippen molar-refractivity contribution in [1.29, 1.82) is 0 Å². The Morgan fingerprint density at radius 1 is 1.33 bits per heavy atom. The van der Waals surface area contributed by atoms with Crippen molar-refractivity contribution in [2.45, 2.75) is 38.2 Å². The van der Waals surface area contributed by atoms with E-state index in [0.29, 0.717) is 5.92 Å². The summed E-state index contributed by atoms with van der Waals surface area (Å²) in [5, 5.41) is 9.21. The zero-order valence-electron chi connectivity index (χ0n) is 9.15. The molecule has 1 aliphatic carbocycles. The minimum atomic E-state index is -0.459. The minimum Gasteiger partial charge on any atom is -0.251 e. The molecule has 0 heterocycles. The first kappa shape index (κ1) is 10.7. The average Bonchev–Trinajstić information content (AvgIpc) is 2.30. The lowest BCUT2D eigenvalue weighted by atomic mass is 9.75. The van der Waals surface area contributed by atoms with Gasteiger partial charge in [0.25, 0.3) is 0 Å². The molecule has 0 aliphatic heterocycles. The predicted molar refractivity (Wildman–Crippen MR) is 59.5 cm³/mol. The Balaban J connectivity index is 2.28. The largest absolute Gasteiger partial charge is 0.251 e. The van der Waals surface area contributed by atoms with Crippen molar-refractivity contribution in [3.63, 3.8) is 0 Å². The van der Waals surface area contributed by atoms with Crippen molar-refractivity contribution in [2.75, 3.05) is 0 Å². The summed E-state index contributed by atoms with van der Waals surface area (Å²) in [6, 6.07) is 10.0. The van der Waals surface area contributed by atoms with E-state index in [0.717, 1.165) is 24.8 Å². The van der Waals surface area contributed by atoms with Crippen LogP contribution in [0.1, 0.15) is 38.2 Å². The smallest absolute Gasteiger partial charge is 0.128 e. The Morgan fingerprint density at radius 2 is 2.07 bits per heavy atom. The fraction of sp³-hybridized carbons (Fsp3) is 0.538. The van der Waals surface area contributed by atoms with Crippen molar-refractivity contribution in [2.24, 2.45) is 5.92 Å². The van der Waals surface area contributed by atoms with Crippen LogP contribution in [0.15, 0.2) is 30.3 Å². The SMILES string of the molecule is C[C@H]1CCC[C@](OO)(c2ccccc2)C1. The van der Waals surface area contributed by atoms with Gasteiger partial charge in [-0.05, 0) is 30.7 Å². The first-order chi connectivity index (χ1) is 7.27. The molecule has 1 aromatic rings. The molecule has 2 atom stereocenters. The lowest BCUT2D eigenvalue weighted by Gasteiger charge is -2.37. The Hall–Kier alpha value is -0.860. The van der Waals surface area contributed by atoms with Crippen LogP contribution < -0.4 is 0 Å². The van der Waals surface area contributed by atoms with Crippen LogP contribution in [0.5, 0.6) is 0 Å². The summed E-state index contributed by atoms with van der Waals surface area (Å²) in [4.78, 5) is 4.84. The summed E-state index contributed by atoms with van der Waals surface area (Å²) in [7, 11) is 0. The van der Waals surface area contributed by atoms with Crippen molar-refractivity contribution < 1.29 is 10.1 Å². The molecule has 0 radical (unpaired) electrons. The van der Waals surface area contributed by atoms with Gasteiger partial charge in [0.05, 0.1) is 0 Å². The third kappa shape index (κ3) is 2.06. The predicted octanol–water partition coefficient (Wildman–Crippen LogP) is 3.58. The monoisotopic (exact) mass is 206 g/mol. The molecule has 0 saturated heterocycles. The van der Waals surface area contributed by atoms with E-state index < -0.39 is 5.60 Å². The molecule has 1 saturated carbocycles. The number of rotatable bonds is 2. The van der Waals surface area contributed by atoms with E-state index in [4.69, 9.17) is 4.89 Å². The Kier molecular flexibility index (Phi) is 3.08. The normalized spacial score (nSPS) is 31.5. The number of hydrogen-bond acceptors (Lipinski definition) is 2. The molecule has 1 aromatic carbocycles. The Bertz CT molecular complexity index is 310. The van der Waals surface area contributed by atoms with E-state index in [-0.39, 0.29) is 0 Å². The summed E-state index contributed by atoms with van der Waals surface area (Å²) >= 11 is 0. The Morgan fingerprint density at radius 3 is 2.67 bits per heavy atom. The lowest BCUT2D eigenvalue weighted by Crippen LogP contribution is -2.34. The van der Waals surface area contributed by atoms with Crippen LogP contribution in [-0.2, 0) is 10.5 Å². The van der Waals surface area contributed by atoms with E-state index in [1.807, 2.05) is 30.3 Å². The molecular weight excluding hydrogens is 188 g/mol. The second kappa shape index (κ2) is 4.33. The quantitative estimate of drug-likeness (QED) is 0.592. The highest BCUT2D eigenvalue weighted by molar-refractivity contribution is 5.23. The van der Waals surface area contributed by atoms with Gasteiger partial charge >= 0.3 is 0 Å². The van der Waals surface area contributed by atoms with E-state index in [2.05, 4.69) is 6.92 Å². The van der Waals surface area contributed by atoms with Crippen molar-refractivity contribution >= 4 is 0 Å². The van der Waals surface area contributed by atoms with Crippen LogP contribution in [0.3, 0.4) is 0 Å². The average molecular weight is 206 g/mol. The van der Waals surface area contributed by atoms with Gasteiger partial charge in [0, 0.05) is 0 Å². The lowest BCUT2D eigenvalue weighted by molar-refractivity contribution is -0.340. The van der Waals surface area contributed by atoms with Crippen molar-refractivity contribution in [1.82, 2.24) is 0 Å². The van der Waals surface area contributed by atoms with Crippen molar-refractivity contribution in [3.8, 4) is 0 Å². The first-order valence-corrected chi connectivity index (χ1v) is 5.65. The van der Waals surface area contributed by atoms with Gasteiger partial charge in [-0.15, -0.1) is 0 Å². The zero-order valence-corrected chi connectivity index (χ0v) is 9.15. The van der Waals surface area contributed by atoms with Crippen LogP contribution >= 0.6 is 0 Å². The van der Waals surface area contributed by atoms with E-state index in [1.165, 1.54) is 6.42 Å². The van der Waals surface area contributed by atoms with Crippen LogP contribution in [0.4, 0.5) is 0 Å². The van der Waals surface area contributed by atoms with Crippen LogP contribution in [0, 0.1) is 5.92 Å². The Labute approximate surface area is 90.8 Å². The minimum absolute atomic E-state index is 0.459. The van der Waals surface area contributed by atoms with E-state index in [1.54, 1.807) is 0 Å². The van der Waals surface area contributed by atoms with Gasteiger partial charge in [-0.2, -0.15) is 0 Å². The molecule has 0 spiro atoms. The standard InChI is InChI=1S/C13H18O2/c1-11-6-5-9-13(10-11,15-14)12-7-3-2-4-8-12/h2-4,7-8,11,14H,5-6,9-10H2,1H3/t11-,13+/m0/s1. The maximum atomic E-state index is 9.21. The highest BCUT2D eigenvalue weighted by atomic mass is 17.1. The van der Waals surface area contributed by atoms with E-state index >= 15 is 0 Å². The molecule has 0 amide bonds. The summed E-state index contributed by atoms with van der Waals surface area (Å²) < 4.78 is 0. The molecule has 15 heavy (non-hydrogen) atoms. The molecule has 1 fully saturated rings. The second-order valence-corrected chi connectivity index (χ2v) is 4.65. The van der Waals surface area contributed by atoms with Crippen LogP contribution in [0.2, 0.25) is 0 Å². The second-order valence-electron chi connectivity index (χ2n) is 4.65. The molecule has 2 nitrogen and oxygen atoms in total.